The number of aromatic nitrogens is 5. The number of hydrogen-bond acceptors (Lipinski definition) is 5. The van der Waals surface area contributed by atoms with Gasteiger partial charge in [0, 0.05) is 33.5 Å². The molecule has 0 bridgehead atoms. The first kappa shape index (κ1) is 23.0. The molecule has 0 amide bonds. The van der Waals surface area contributed by atoms with Crippen molar-refractivity contribution in [3.63, 3.8) is 0 Å². The molecule has 1 aliphatic heterocycles. The highest BCUT2D eigenvalue weighted by Gasteiger charge is 2.59. The monoisotopic (exact) mass is 795 g/mol. The molecule has 0 saturated heterocycles. The lowest BCUT2D eigenvalue weighted by Gasteiger charge is -2.49. The molecule has 6 aromatic carbocycles. The molecule has 2 atom stereocenters. The normalized spacial score (nSPS) is 22.4. The molecule has 1 aliphatic carbocycles. The highest BCUT2D eigenvalue weighted by atomic mass is 28.3. The summed E-state index contributed by atoms with van der Waals surface area (Å²) in [4.78, 5) is 22.9. The molecule has 6 nitrogen and oxygen atoms in total. The minimum atomic E-state index is -5.45. The van der Waals surface area contributed by atoms with Gasteiger partial charge in [-0.05, 0) is 58.7 Å². The lowest BCUT2D eigenvalue weighted by Crippen LogP contribution is -2.74. The third-order valence-electron chi connectivity index (χ3n) is 12.6. The van der Waals surface area contributed by atoms with Crippen LogP contribution in [0.2, 0.25) is 0 Å². The van der Waals surface area contributed by atoms with Crippen molar-refractivity contribution in [2.75, 3.05) is 4.90 Å². The van der Waals surface area contributed by atoms with Crippen LogP contribution >= 0.6 is 0 Å². The summed E-state index contributed by atoms with van der Waals surface area (Å²) >= 11 is 0. The molecule has 11 rings (SSSR count). The van der Waals surface area contributed by atoms with Gasteiger partial charge in [0.05, 0.1) is 37.1 Å². The standard InChI is InChI=1S/C52H44N6Si/c1-51-33-16-17-34-52(51,2)58(48-44(51)30-19-35-53-48)50-55-47(54-49(56-50)57-45-31-14-12-28-42(45)43-29-13-15-32-46(43)57)37-20-18-27-41(36-37)59(38-21-6-3-7-22-38,39-23-8-4-9-24-39)40-25-10-5-11-26-40/h3-15,18-32,35-36H,16-17,33-34H2,1-2H3/i3D,4D,5D,6D,7D,8D,9D,10D,11D,21D,22D,23D,24D,25D,26D. The van der Waals surface area contributed by atoms with Crippen LogP contribution in [0, 0.1) is 0 Å². The second-order valence-corrected chi connectivity index (χ2v) is 19.1. The number of anilines is 2. The Labute approximate surface area is 367 Å². The summed E-state index contributed by atoms with van der Waals surface area (Å²) in [5.74, 6) is 1.19. The van der Waals surface area contributed by atoms with E-state index in [2.05, 4.69) is 24.8 Å². The van der Waals surface area contributed by atoms with Crippen molar-refractivity contribution in [1.82, 2.24) is 24.5 Å². The van der Waals surface area contributed by atoms with Crippen molar-refractivity contribution < 1.29 is 20.6 Å². The van der Waals surface area contributed by atoms with Gasteiger partial charge in [0.2, 0.25) is 11.9 Å². The van der Waals surface area contributed by atoms with Gasteiger partial charge in [-0.25, -0.2) is 4.98 Å². The summed E-state index contributed by atoms with van der Waals surface area (Å²) < 4.78 is 139. The summed E-state index contributed by atoms with van der Waals surface area (Å²) in [7, 11) is -5.45. The predicted molar refractivity (Wildman–Crippen MR) is 244 cm³/mol. The van der Waals surface area contributed by atoms with Gasteiger partial charge in [0.25, 0.3) is 0 Å². The molecule has 2 unspecified atom stereocenters. The van der Waals surface area contributed by atoms with Crippen LogP contribution in [0.4, 0.5) is 11.8 Å². The van der Waals surface area contributed by atoms with E-state index in [0.717, 1.165) is 53.1 Å². The fourth-order valence-electron chi connectivity index (χ4n) is 9.66. The van der Waals surface area contributed by atoms with Crippen molar-refractivity contribution in [1.29, 1.82) is 0 Å². The topological polar surface area (TPSA) is 59.7 Å². The Morgan fingerprint density at radius 1 is 0.576 bits per heavy atom. The van der Waals surface area contributed by atoms with E-state index in [1.54, 1.807) is 18.3 Å². The summed E-state index contributed by atoms with van der Waals surface area (Å²) in [6.45, 7) is 4.44. The van der Waals surface area contributed by atoms with Gasteiger partial charge >= 0.3 is 0 Å². The van der Waals surface area contributed by atoms with Gasteiger partial charge in [-0.15, -0.1) is 0 Å². The quantitative estimate of drug-likeness (QED) is 0.119. The van der Waals surface area contributed by atoms with E-state index in [-0.39, 0.29) is 33.9 Å². The molecule has 0 spiro atoms. The van der Waals surface area contributed by atoms with Gasteiger partial charge in [0.1, 0.15) is 5.82 Å². The van der Waals surface area contributed by atoms with Gasteiger partial charge in [-0.3, -0.25) is 9.47 Å². The van der Waals surface area contributed by atoms with Crippen molar-refractivity contribution in [2.45, 2.75) is 50.5 Å². The van der Waals surface area contributed by atoms with Crippen LogP contribution in [0.25, 0.3) is 39.1 Å². The number of benzene rings is 6. The van der Waals surface area contributed by atoms with Crippen LogP contribution in [0.15, 0.2) is 182 Å². The van der Waals surface area contributed by atoms with E-state index >= 15 is 0 Å². The van der Waals surface area contributed by atoms with Crippen molar-refractivity contribution in [3.8, 4) is 17.3 Å². The average Bonchev–Trinajstić information content (AvgIpc) is 3.85. The average molecular weight is 796 g/mol. The van der Waals surface area contributed by atoms with Gasteiger partial charge in [0.15, 0.2) is 13.9 Å². The van der Waals surface area contributed by atoms with Crippen molar-refractivity contribution >= 4 is 62.4 Å². The lowest BCUT2D eigenvalue weighted by molar-refractivity contribution is 0.193. The molecule has 1 saturated carbocycles. The molecule has 0 radical (unpaired) electrons. The number of fused-ring (bicyclic) bond motifs is 6. The Balaban J connectivity index is 1.31. The fourth-order valence-corrected chi connectivity index (χ4v) is 13.5. The van der Waals surface area contributed by atoms with Crippen molar-refractivity contribution in [3.05, 3.63) is 187 Å². The first-order chi connectivity index (χ1) is 35.2. The van der Waals surface area contributed by atoms with Crippen LogP contribution in [0.1, 0.15) is 65.7 Å². The molecular weight excluding hydrogens is 737 g/mol. The highest BCUT2D eigenvalue weighted by Crippen LogP contribution is 2.59. The van der Waals surface area contributed by atoms with Gasteiger partial charge in [-0.2, -0.15) is 15.0 Å². The van der Waals surface area contributed by atoms with E-state index in [1.807, 2.05) is 59.2 Å². The number of rotatable bonds is 7. The van der Waals surface area contributed by atoms with Crippen LogP contribution in [-0.4, -0.2) is 38.1 Å². The number of hydrogen-bond donors (Lipinski definition) is 0. The van der Waals surface area contributed by atoms with E-state index in [1.165, 1.54) is 12.1 Å². The number of pyridine rings is 1. The van der Waals surface area contributed by atoms with E-state index in [0.29, 0.717) is 5.82 Å². The first-order valence-corrected chi connectivity index (χ1v) is 21.6. The minimum absolute atomic E-state index is 0.0605. The van der Waals surface area contributed by atoms with Crippen LogP contribution in [0.3, 0.4) is 0 Å². The molecule has 59 heavy (non-hydrogen) atoms. The molecule has 7 heteroatoms. The Morgan fingerprint density at radius 3 is 1.78 bits per heavy atom. The zero-order valence-electron chi connectivity index (χ0n) is 47.2. The molecule has 1 fully saturated rings. The maximum atomic E-state index is 9.58. The third kappa shape index (κ3) is 5.24. The van der Waals surface area contributed by atoms with Crippen LogP contribution < -0.4 is 25.6 Å². The molecule has 0 N–H and O–H groups in total. The van der Waals surface area contributed by atoms with Gasteiger partial charge in [-0.1, -0.05) is 177 Å². The maximum absolute atomic E-state index is 9.58. The molecular formula is C52H44N6Si. The SMILES string of the molecule is [2H]c1c([2H])c([2H])c([Si](c2cccc(-c3nc(N4c5ncccc5C5(C)CCCCC45C)nc(-n4c5ccccc5c5ccccc54)n3)c2)(c2c([2H])c([2H])c([2H])c([2H])c2[2H])c2c([2H])c([2H])c([2H])c([2H])c2[2H])c([2H])c1[2H]. The minimum Gasteiger partial charge on any atom is -0.288 e. The molecule has 2 aliphatic rings. The number of para-hydroxylation sites is 2. The third-order valence-corrected chi connectivity index (χ3v) is 16.8. The van der Waals surface area contributed by atoms with Gasteiger partial charge < -0.3 is 0 Å². The predicted octanol–water partition coefficient (Wildman–Crippen LogP) is 9.15. The zero-order chi connectivity index (χ0) is 52.7. The summed E-state index contributed by atoms with van der Waals surface area (Å²) in [6.07, 6.45) is 5.29. The van der Waals surface area contributed by atoms with E-state index in [4.69, 9.17) is 32.3 Å². The van der Waals surface area contributed by atoms with Crippen LogP contribution in [0.5, 0.6) is 0 Å². The Morgan fingerprint density at radius 2 is 1.15 bits per heavy atom. The summed E-state index contributed by atoms with van der Waals surface area (Å²) in [5.41, 5.74) is 1.86. The fraction of sp³-hybridized carbons (Fsp3) is 0.154. The summed E-state index contributed by atoms with van der Waals surface area (Å²) in [6, 6.07) is 13.2. The molecule has 4 heterocycles. The Kier molecular flexibility index (Phi) is 5.35. The largest absolute Gasteiger partial charge is 0.288 e. The smallest absolute Gasteiger partial charge is 0.240 e. The highest BCUT2D eigenvalue weighted by molar-refractivity contribution is 7.19. The second-order valence-electron chi connectivity index (χ2n) is 15.5. The number of nitrogens with zero attached hydrogens (tertiary/aromatic N) is 6. The molecule has 286 valence electrons. The molecule has 9 aromatic rings. The Hall–Kier alpha value is -6.70. The van der Waals surface area contributed by atoms with E-state index in [9.17, 15) is 8.22 Å². The van der Waals surface area contributed by atoms with E-state index < -0.39 is 120 Å². The van der Waals surface area contributed by atoms with Crippen LogP contribution in [-0.2, 0) is 5.41 Å². The zero-order valence-corrected chi connectivity index (χ0v) is 33.2. The Bertz CT molecular complexity index is 3600. The summed E-state index contributed by atoms with van der Waals surface area (Å²) in [5, 5.41) is 0.0179. The maximum Gasteiger partial charge on any atom is 0.240 e. The lowest BCUT2D eigenvalue weighted by atomic mass is 9.62. The second kappa shape index (κ2) is 13.7. The first-order valence-electron chi connectivity index (χ1n) is 27.1. The van der Waals surface area contributed by atoms with Crippen molar-refractivity contribution in [2.24, 2.45) is 0 Å². The molecule has 3 aromatic heterocycles.